The lowest BCUT2D eigenvalue weighted by Gasteiger charge is -2.11. The lowest BCUT2D eigenvalue weighted by Crippen LogP contribution is -2.03. The molecule has 0 heterocycles. The summed E-state index contributed by atoms with van der Waals surface area (Å²) in [5.74, 6) is 0.0894. The summed E-state index contributed by atoms with van der Waals surface area (Å²) < 4.78 is 6.97. The molecule has 1 aromatic carbocycles. The molecule has 3 nitrogen and oxygen atoms in total. The third-order valence-electron chi connectivity index (χ3n) is 2.10. The highest BCUT2D eigenvalue weighted by atomic mass is 16.3. The number of hydrogen-bond acceptors (Lipinski definition) is 3. The molecule has 0 bridgehead atoms. The monoisotopic (exact) mass is 195 g/mol. The molecule has 3 heteroatoms. The Morgan fingerprint density at radius 2 is 2.36 bits per heavy atom. The standard InChI is InChI=1S/C11H15NO2/c1-8(13)6-7-11(14)9-4-2-3-5-10(9)12/h2-5,11,14H,6-7,12H2,1H3/i14T. The predicted octanol–water partition coefficient (Wildman–Crippen LogP) is 1.67. The van der Waals surface area contributed by atoms with Gasteiger partial charge in [-0.05, 0) is 19.4 Å². The van der Waals surface area contributed by atoms with Crippen LogP contribution in [0.4, 0.5) is 5.69 Å². The molecule has 0 spiro atoms. The minimum absolute atomic E-state index is 0.0894. The fourth-order valence-corrected chi connectivity index (χ4v) is 1.29. The highest BCUT2D eigenvalue weighted by molar-refractivity contribution is 5.75. The number of aliphatic hydroxyl groups is 1. The highest BCUT2D eigenvalue weighted by Gasteiger charge is 2.10. The summed E-state index contributed by atoms with van der Waals surface area (Å²) in [4.78, 5) is 10.8. The number of hydrogen-bond donors (Lipinski definition) is 2. The summed E-state index contributed by atoms with van der Waals surface area (Å²) in [6, 6.07) is 7.24. The van der Waals surface area contributed by atoms with Crippen molar-refractivity contribution in [3.05, 3.63) is 29.8 Å². The van der Waals surface area contributed by atoms with Crippen LogP contribution in [0.5, 0.6) is 0 Å². The normalized spacial score (nSPS) is 13.4. The first kappa shape index (κ1) is 9.21. The average molecular weight is 195 g/mol. The Hall–Kier alpha value is -1.35. The lowest BCUT2D eigenvalue weighted by atomic mass is 10.0. The van der Waals surface area contributed by atoms with Gasteiger partial charge in [0.25, 0.3) is 0 Å². The number of rotatable bonds is 5. The molecule has 0 aliphatic rings. The Labute approximate surface area is 85.0 Å². The minimum atomic E-state index is -0.421. The van der Waals surface area contributed by atoms with Gasteiger partial charge in [0, 0.05) is 17.7 Å². The van der Waals surface area contributed by atoms with Crippen LogP contribution in [0.25, 0.3) is 0 Å². The van der Waals surface area contributed by atoms with E-state index in [-0.39, 0.29) is 5.78 Å². The molecule has 0 fully saturated rings. The number of anilines is 1. The predicted molar refractivity (Wildman–Crippen MR) is 55.7 cm³/mol. The van der Waals surface area contributed by atoms with Crippen LogP contribution in [0.1, 0.15) is 31.4 Å². The maximum Gasteiger partial charge on any atom is 0.211 e. The van der Waals surface area contributed by atoms with E-state index >= 15 is 0 Å². The Balaban J connectivity index is 2.74. The van der Waals surface area contributed by atoms with Crippen LogP contribution in [-0.4, -0.2) is 12.3 Å². The summed E-state index contributed by atoms with van der Waals surface area (Å²) in [5, 5.41) is 4.59. The van der Waals surface area contributed by atoms with Gasteiger partial charge in [-0.1, -0.05) is 18.2 Å². The van der Waals surface area contributed by atoms with Crippen molar-refractivity contribution in [1.82, 2.24) is 0 Å². The second kappa shape index (κ2) is 4.77. The first-order valence-electron chi connectivity index (χ1n) is 5.01. The van der Waals surface area contributed by atoms with E-state index in [4.69, 9.17) is 7.16 Å². The molecule has 1 aromatic rings. The third-order valence-corrected chi connectivity index (χ3v) is 2.10. The summed E-state index contributed by atoms with van der Waals surface area (Å²) >= 11 is 0. The molecule has 0 amide bonds. The Bertz CT molecular complexity index is 341. The Morgan fingerprint density at radius 3 is 2.93 bits per heavy atom. The minimum Gasteiger partial charge on any atom is -0.398 e. The van der Waals surface area contributed by atoms with Crippen LogP contribution in [-0.2, 0) is 4.79 Å². The lowest BCUT2D eigenvalue weighted by molar-refractivity contribution is -0.117. The summed E-state index contributed by atoms with van der Waals surface area (Å²) in [6.07, 6.45) is 0.473. The molecule has 0 saturated carbocycles. The van der Waals surface area contributed by atoms with Crippen molar-refractivity contribution in [3.8, 4) is 0 Å². The molecule has 0 aliphatic heterocycles. The topological polar surface area (TPSA) is 63.3 Å². The molecule has 0 saturated heterocycles. The van der Waals surface area contributed by atoms with Crippen molar-refractivity contribution in [2.45, 2.75) is 25.9 Å². The maximum absolute atomic E-state index is 10.8. The van der Waals surface area contributed by atoms with Gasteiger partial charge in [-0.15, -0.1) is 0 Å². The first-order valence-corrected chi connectivity index (χ1v) is 4.61. The van der Waals surface area contributed by atoms with E-state index < -0.39 is 6.10 Å². The number of Topliss-reactive ketones (excluding diaryl/α,β-unsaturated/α-hetero) is 1. The van der Waals surface area contributed by atoms with E-state index in [0.717, 1.165) is 5.56 Å². The van der Waals surface area contributed by atoms with Crippen molar-refractivity contribution in [2.75, 3.05) is 5.73 Å². The third kappa shape index (κ3) is 2.85. The fourth-order valence-electron chi connectivity index (χ4n) is 1.29. The zero-order chi connectivity index (χ0) is 11.3. The zero-order valence-electron chi connectivity index (χ0n) is 9.19. The molecular formula is C11H15NO2. The van der Waals surface area contributed by atoms with Crippen molar-refractivity contribution in [2.24, 2.45) is 0 Å². The van der Waals surface area contributed by atoms with E-state index in [9.17, 15) is 4.79 Å². The molecule has 1 rings (SSSR count). The summed E-state index contributed by atoms with van der Waals surface area (Å²) in [6.45, 7) is 1.52. The second-order valence-electron chi connectivity index (χ2n) is 3.36. The number of carbonyl (C=O) groups is 1. The number of nitrogen functional groups attached to an aromatic ring is 1. The molecule has 76 valence electrons. The quantitative estimate of drug-likeness (QED) is 0.702. The van der Waals surface area contributed by atoms with E-state index in [1.54, 1.807) is 6.07 Å². The first-order chi connectivity index (χ1) is 7.15. The number of aliphatic hydroxyl groups excluding tert-OH is 1. The van der Waals surface area contributed by atoms with Crippen molar-refractivity contribution >= 4 is 11.5 Å². The SMILES string of the molecule is [3H]OC(CCC(C)=O)c1ccccc1N. The molecule has 0 aliphatic carbocycles. The van der Waals surface area contributed by atoms with E-state index in [0.29, 0.717) is 18.5 Å². The number of benzene rings is 1. The van der Waals surface area contributed by atoms with Crippen LogP contribution in [0.2, 0.25) is 0 Å². The van der Waals surface area contributed by atoms with E-state index in [1.807, 2.05) is 18.2 Å². The maximum atomic E-state index is 10.8. The second-order valence-corrected chi connectivity index (χ2v) is 3.36. The Morgan fingerprint density at radius 1 is 1.64 bits per heavy atom. The van der Waals surface area contributed by atoms with Gasteiger partial charge >= 0.3 is 0 Å². The molecule has 3 N–H and O–H groups in total. The molecule has 0 radical (unpaired) electrons. The zero-order valence-corrected chi connectivity index (χ0v) is 8.19. The van der Waals surface area contributed by atoms with E-state index in [1.165, 1.54) is 6.92 Å². The van der Waals surface area contributed by atoms with Crippen LogP contribution < -0.4 is 5.73 Å². The van der Waals surface area contributed by atoms with Gasteiger partial charge in [0.05, 0.1) is 6.10 Å². The van der Waals surface area contributed by atoms with Gasteiger partial charge in [0.2, 0.25) is 1.43 Å². The van der Waals surface area contributed by atoms with Gasteiger partial charge in [-0.25, -0.2) is 0 Å². The molecule has 1 unspecified atom stereocenters. The van der Waals surface area contributed by atoms with Gasteiger partial charge in [0.1, 0.15) is 5.78 Å². The van der Waals surface area contributed by atoms with Crippen LogP contribution in [0.15, 0.2) is 24.3 Å². The Kier molecular flexibility index (Phi) is 3.14. The van der Waals surface area contributed by atoms with Gasteiger partial charge in [-0.3, -0.25) is 0 Å². The van der Waals surface area contributed by atoms with Crippen LogP contribution in [0, 0.1) is 0 Å². The number of nitrogens with two attached hydrogens (primary N) is 1. The van der Waals surface area contributed by atoms with Gasteiger partial charge in [0.15, 0.2) is 0 Å². The summed E-state index contributed by atoms with van der Waals surface area (Å²) in [7, 11) is 0. The largest absolute Gasteiger partial charge is 0.398 e. The number of para-hydroxylation sites is 1. The van der Waals surface area contributed by atoms with Crippen LogP contribution >= 0.6 is 0 Å². The number of carbonyl (C=O) groups excluding carboxylic acids is 1. The molecule has 0 aromatic heterocycles. The number of ketones is 1. The molecular weight excluding hydrogens is 178 g/mol. The molecule has 1 atom stereocenters. The van der Waals surface area contributed by atoms with Crippen molar-refractivity contribution in [3.63, 3.8) is 0 Å². The van der Waals surface area contributed by atoms with Crippen molar-refractivity contribution < 1.29 is 9.90 Å². The smallest absolute Gasteiger partial charge is 0.211 e. The van der Waals surface area contributed by atoms with Crippen LogP contribution in [0.3, 0.4) is 0 Å². The fraction of sp³-hybridized carbons (Fsp3) is 0.364. The van der Waals surface area contributed by atoms with Crippen molar-refractivity contribution in [1.29, 1.82) is 1.43 Å². The average Bonchev–Trinajstić information content (AvgIpc) is 2.21. The van der Waals surface area contributed by atoms with Gasteiger partial charge in [-0.2, -0.15) is 0 Å². The summed E-state index contributed by atoms with van der Waals surface area (Å²) in [5.41, 5.74) is 7.12. The van der Waals surface area contributed by atoms with Gasteiger partial charge < -0.3 is 15.6 Å². The molecule has 14 heavy (non-hydrogen) atoms. The highest BCUT2D eigenvalue weighted by Crippen LogP contribution is 2.23. The van der Waals surface area contributed by atoms with E-state index in [2.05, 4.69) is 5.11 Å².